The quantitative estimate of drug-likeness (QED) is 0.872. The average Bonchev–Trinajstić information content (AvgIpc) is 2.94. The van der Waals surface area contributed by atoms with E-state index in [9.17, 15) is 0 Å². The van der Waals surface area contributed by atoms with Crippen LogP contribution in [-0.2, 0) is 6.54 Å². The molecule has 0 amide bonds. The van der Waals surface area contributed by atoms with E-state index >= 15 is 0 Å². The molecule has 1 aliphatic rings. The minimum atomic E-state index is 0.622. The van der Waals surface area contributed by atoms with Gasteiger partial charge in [0.25, 0.3) is 0 Å². The summed E-state index contributed by atoms with van der Waals surface area (Å²) in [6, 6.07) is 0. The molecule has 0 spiro atoms. The van der Waals surface area contributed by atoms with Crippen molar-refractivity contribution in [1.29, 1.82) is 0 Å². The lowest BCUT2D eigenvalue weighted by Gasteiger charge is -2.14. The molecule has 0 aromatic carbocycles. The number of aryl methyl sites for hydroxylation is 2. The molecule has 1 aliphatic carbocycles. The van der Waals surface area contributed by atoms with Crippen LogP contribution in [0.25, 0.3) is 4.96 Å². The van der Waals surface area contributed by atoms with Gasteiger partial charge in [-0.2, -0.15) is 0 Å². The molecule has 1 fully saturated rings. The predicted octanol–water partition coefficient (Wildman–Crippen LogP) is 3.68. The van der Waals surface area contributed by atoms with Gasteiger partial charge in [0.15, 0.2) is 4.96 Å². The highest BCUT2D eigenvalue weighted by molar-refractivity contribution is 7.17. The first-order chi connectivity index (χ1) is 9.13. The molecule has 0 atom stereocenters. The lowest BCUT2D eigenvalue weighted by atomic mass is 10.0. The van der Waals surface area contributed by atoms with E-state index in [4.69, 9.17) is 0 Å². The number of rotatable bonds is 6. The van der Waals surface area contributed by atoms with E-state index in [1.807, 2.05) is 0 Å². The molecule has 0 saturated heterocycles. The third-order valence-electron chi connectivity index (χ3n) is 4.27. The zero-order valence-electron chi connectivity index (χ0n) is 12.1. The van der Waals surface area contributed by atoms with Crippen molar-refractivity contribution in [3.63, 3.8) is 0 Å². The van der Waals surface area contributed by atoms with Crippen LogP contribution in [0, 0.1) is 19.3 Å². The minimum absolute atomic E-state index is 0.622. The third-order valence-corrected chi connectivity index (χ3v) is 5.17. The summed E-state index contributed by atoms with van der Waals surface area (Å²) in [6.45, 7) is 8.65. The standard InChI is InChI=1S/C15H23N3S/c1-4-5-15(6-7-15)10-16-8-13-12(3)17-14-18(13)9-11(2)19-14/h9,16H,4-8,10H2,1-3H3. The molecule has 2 heterocycles. The fourth-order valence-corrected chi connectivity index (χ4v) is 3.88. The maximum absolute atomic E-state index is 4.64. The van der Waals surface area contributed by atoms with Gasteiger partial charge >= 0.3 is 0 Å². The van der Waals surface area contributed by atoms with Gasteiger partial charge in [0.2, 0.25) is 0 Å². The fraction of sp³-hybridized carbons (Fsp3) is 0.667. The molecule has 3 rings (SSSR count). The van der Waals surface area contributed by atoms with Crippen LogP contribution in [-0.4, -0.2) is 15.9 Å². The van der Waals surface area contributed by atoms with Crippen LogP contribution in [0.5, 0.6) is 0 Å². The van der Waals surface area contributed by atoms with Gasteiger partial charge in [-0.25, -0.2) is 4.98 Å². The van der Waals surface area contributed by atoms with Crippen LogP contribution in [0.4, 0.5) is 0 Å². The zero-order valence-corrected chi connectivity index (χ0v) is 12.9. The van der Waals surface area contributed by atoms with Crippen LogP contribution in [0.15, 0.2) is 6.20 Å². The first-order valence-electron chi connectivity index (χ1n) is 7.28. The predicted molar refractivity (Wildman–Crippen MR) is 80.8 cm³/mol. The van der Waals surface area contributed by atoms with Crippen molar-refractivity contribution in [2.24, 2.45) is 5.41 Å². The van der Waals surface area contributed by atoms with E-state index in [1.165, 1.54) is 41.9 Å². The maximum Gasteiger partial charge on any atom is 0.194 e. The van der Waals surface area contributed by atoms with Gasteiger partial charge in [0.05, 0.1) is 11.4 Å². The topological polar surface area (TPSA) is 29.3 Å². The Morgan fingerprint density at radius 1 is 1.42 bits per heavy atom. The third kappa shape index (κ3) is 2.56. The van der Waals surface area contributed by atoms with Gasteiger partial charge < -0.3 is 5.32 Å². The van der Waals surface area contributed by atoms with Gasteiger partial charge in [0.1, 0.15) is 0 Å². The van der Waals surface area contributed by atoms with Gasteiger partial charge in [-0.1, -0.05) is 13.3 Å². The average molecular weight is 277 g/mol. The number of thiazole rings is 1. The highest BCUT2D eigenvalue weighted by atomic mass is 32.1. The molecular weight excluding hydrogens is 254 g/mol. The molecule has 2 aromatic heterocycles. The van der Waals surface area contributed by atoms with E-state index in [0.29, 0.717) is 5.41 Å². The van der Waals surface area contributed by atoms with Crippen molar-refractivity contribution < 1.29 is 0 Å². The maximum atomic E-state index is 4.64. The van der Waals surface area contributed by atoms with Crippen molar-refractivity contribution in [3.05, 3.63) is 22.5 Å². The van der Waals surface area contributed by atoms with Crippen molar-refractivity contribution in [1.82, 2.24) is 14.7 Å². The van der Waals surface area contributed by atoms with E-state index in [0.717, 1.165) is 18.1 Å². The van der Waals surface area contributed by atoms with Crippen molar-refractivity contribution in [3.8, 4) is 0 Å². The molecule has 1 N–H and O–H groups in total. The number of nitrogens with one attached hydrogen (secondary N) is 1. The van der Waals surface area contributed by atoms with E-state index in [1.54, 1.807) is 11.3 Å². The Morgan fingerprint density at radius 3 is 2.89 bits per heavy atom. The Kier molecular flexibility index (Phi) is 3.39. The largest absolute Gasteiger partial charge is 0.311 e. The number of hydrogen-bond donors (Lipinski definition) is 1. The molecule has 104 valence electrons. The first kappa shape index (κ1) is 13.1. The van der Waals surface area contributed by atoms with Crippen LogP contribution in [0.3, 0.4) is 0 Å². The summed E-state index contributed by atoms with van der Waals surface area (Å²) in [5.41, 5.74) is 3.11. The fourth-order valence-electron chi connectivity index (χ4n) is 2.99. The molecule has 2 aromatic rings. The van der Waals surface area contributed by atoms with Gasteiger partial charge in [-0.3, -0.25) is 4.40 Å². The number of hydrogen-bond acceptors (Lipinski definition) is 3. The molecule has 0 aliphatic heterocycles. The molecule has 19 heavy (non-hydrogen) atoms. The van der Waals surface area contributed by atoms with Crippen molar-refractivity contribution in [2.75, 3.05) is 6.54 Å². The summed E-state index contributed by atoms with van der Waals surface area (Å²) >= 11 is 1.77. The molecule has 3 nitrogen and oxygen atoms in total. The summed E-state index contributed by atoms with van der Waals surface area (Å²) in [5, 5.41) is 3.66. The minimum Gasteiger partial charge on any atom is -0.311 e. The summed E-state index contributed by atoms with van der Waals surface area (Å²) in [5.74, 6) is 0. The molecule has 1 saturated carbocycles. The summed E-state index contributed by atoms with van der Waals surface area (Å²) < 4.78 is 2.25. The highest BCUT2D eigenvalue weighted by Crippen LogP contribution is 2.48. The van der Waals surface area contributed by atoms with Gasteiger partial charge in [-0.15, -0.1) is 11.3 Å². The zero-order chi connectivity index (χ0) is 13.5. The highest BCUT2D eigenvalue weighted by Gasteiger charge is 2.40. The van der Waals surface area contributed by atoms with E-state index in [2.05, 4.69) is 41.7 Å². The molecular formula is C15H23N3S. The SMILES string of the molecule is CCCC1(CNCc2c(C)nc3sc(C)cn23)CC1. The number of imidazole rings is 1. The van der Waals surface area contributed by atoms with Crippen LogP contribution in [0.2, 0.25) is 0 Å². The Morgan fingerprint density at radius 2 is 2.21 bits per heavy atom. The lowest BCUT2D eigenvalue weighted by Crippen LogP contribution is -2.24. The van der Waals surface area contributed by atoms with Crippen molar-refractivity contribution >= 4 is 16.3 Å². The second-order valence-corrected chi connectivity index (χ2v) is 7.21. The number of aromatic nitrogens is 2. The van der Waals surface area contributed by atoms with Gasteiger partial charge in [0, 0.05) is 24.2 Å². The first-order valence-corrected chi connectivity index (χ1v) is 8.10. The molecule has 0 unspecified atom stereocenters. The molecule has 0 bridgehead atoms. The second-order valence-electron chi connectivity index (χ2n) is 5.99. The Bertz CT molecular complexity index is 577. The monoisotopic (exact) mass is 277 g/mol. The van der Waals surface area contributed by atoms with Gasteiger partial charge in [-0.05, 0) is 38.5 Å². The normalized spacial score (nSPS) is 17.2. The van der Waals surface area contributed by atoms with E-state index < -0.39 is 0 Å². The number of fused-ring (bicyclic) bond motifs is 1. The summed E-state index contributed by atoms with van der Waals surface area (Å²) in [6.07, 6.45) is 7.70. The lowest BCUT2D eigenvalue weighted by molar-refractivity contribution is 0.419. The summed E-state index contributed by atoms with van der Waals surface area (Å²) in [7, 11) is 0. The van der Waals surface area contributed by atoms with Crippen molar-refractivity contribution in [2.45, 2.75) is 53.0 Å². The molecule has 0 radical (unpaired) electrons. The van der Waals surface area contributed by atoms with Crippen LogP contribution < -0.4 is 5.32 Å². The Hall–Kier alpha value is -0.870. The second kappa shape index (κ2) is 4.91. The van der Waals surface area contributed by atoms with E-state index in [-0.39, 0.29) is 0 Å². The molecule has 4 heteroatoms. The smallest absolute Gasteiger partial charge is 0.194 e. The number of nitrogens with zero attached hydrogens (tertiary/aromatic N) is 2. The van der Waals surface area contributed by atoms with Crippen LogP contribution >= 0.6 is 11.3 Å². The Labute approximate surface area is 119 Å². The Balaban J connectivity index is 1.66. The summed E-state index contributed by atoms with van der Waals surface area (Å²) in [4.78, 5) is 7.10. The van der Waals surface area contributed by atoms with Crippen LogP contribution in [0.1, 0.15) is 48.9 Å².